The third kappa shape index (κ3) is 4.38. The van der Waals surface area contributed by atoms with Crippen molar-refractivity contribution in [3.05, 3.63) is 90.4 Å². The number of furan rings is 1. The largest absolute Gasteiger partial charge is 0.457 e. The molecule has 0 spiro atoms. The van der Waals surface area contributed by atoms with E-state index in [0.717, 1.165) is 22.6 Å². The molecule has 0 radical (unpaired) electrons. The fourth-order valence-corrected chi connectivity index (χ4v) is 2.96. The molecule has 6 nitrogen and oxygen atoms in total. The maximum absolute atomic E-state index is 12.5. The van der Waals surface area contributed by atoms with Gasteiger partial charge in [0, 0.05) is 13.2 Å². The Bertz CT molecular complexity index is 1100. The van der Waals surface area contributed by atoms with Crippen LogP contribution in [0.4, 0.5) is 0 Å². The molecule has 0 bridgehead atoms. The highest BCUT2D eigenvalue weighted by Gasteiger charge is 2.16. The van der Waals surface area contributed by atoms with E-state index in [1.54, 1.807) is 23.0 Å². The Morgan fingerprint density at radius 2 is 1.76 bits per heavy atom. The van der Waals surface area contributed by atoms with Crippen LogP contribution >= 0.6 is 0 Å². The number of hydrogen-bond donors (Lipinski definition) is 1. The number of nitrogens with zero attached hydrogens (tertiary/aromatic N) is 2. The molecule has 1 atom stereocenters. The highest BCUT2D eigenvalue weighted by Crippen LogP contribution is 2.24. The lowest BCUT2D eigenvalue weighted by molar-refractivity contribution is 0.0912. The molecular weight excluding hydrogens is 366 g/mol. The molecule has 4 aromatic rings. The molecule has 0 saturated heterocycles. The van der Waals surface area contributed by atoms with Crippen molar-refractivity contribution in [2.24, 2.45) is 7.05 Å². The first-order valence-corrected chi connectivity index (χ1v) is 9.31. The maximum atomic E-state index is 12.5. The quantitative estimate of drug-likeness (QED) is 0.507. The molecule has 0 aliphatic rings. The minimum atomic E-state index is -0.266. The number of benzene rings is 2. The lowest BCUT2D eigenvalue weighted by Gasteiger charge is -2.14. The number of aromatic nitrogens is 2. The highest BCUT2D eigenvalue weighted by molar-refractivity contribution is 5.92. The third-order valence-corrected chi connectivity index (χ3v) is 4.53. The van der Waals surface area contributed by atoms with Crippen LogP contribution in [0.1, 0.15) is 29.1 Å². The standard InChI is InChI=1S/C23H21N3O3/c1-16(17-8-10-20(11-9-17)28-19-6-4-3-5-7-19)25-23(27)22-13-12-21(29-22)18-14-24-26(2)15-18/h3-16H,1-2H3,(H,25,27). The first-order valence-electron chi connectivity index (χ1n) is 9.31. The molecule has 2 aromatic heterocycles. The van der Waals surface area contributed by atoms with Crippen molar-refractivity contribution in [2.75, 3.05) is 0 Å². The van der Waals surface area contributed by atoms with E-state index in [9.17, 15) is 4.79 Å². The Labute approximate surface area is 168 Å². The number of rotatable bonds is 6. The molecule has 4 rings (SSSR count). The summed E-state index contributed by atoms with van der Waals surface area (Å²) in [6.07, 6.45) is 3.53. The van der Waals surface area contributed by atoms with Crippen LogP contribution in [0.2, 0.25) is 0 Å². The second-order valence-electron chi connectivity index (χ2n) is 6.75. The van der Waals surface area contributed by atoms with E-state index in [0.29, 0.717) is 5.76 Å². The molecule has 2 heterocycles. The molecule has 0 saturated carbocycles. The van der Waals surface area contributed by atoms with E-state index < -0.39 is 0 Å². The summed E-state index contributed by atoms with van der Waals surface area (Å²) < 4.78 is 13.2. The van der Waals surface area contributed by atoms with Gasteiger partial charge < -0.3 is 14.5 Å². The summed E-state index contributed by atoms with van der Waals surface area (Å²) in [6, 6.07) is 20.5. The van der Waals surface area contributed by atoms with Crippen LogP contribution in [0, 0.1) is 0 Å². The predicted molar refractivity (Wildman–Crippen MR) is 110 cm³/mol. The zero-order valence-electron chi connectivity index (χ0n) is 16.2. The molecule has 29 heavy (non-hydrogen) atoms. The number of ether oxygens (including phenoxy) is 1. The Kier molecular flexibility index (Phi) is 5.16. The zero-order valence-corrected chi connectivity index (χ0v) is 16.2. The average molecular weight is 387 g/mol. The number of amides is 1. The van der Waals surface area contributed by atoms with Crippen molar-refractivity contribution in [2.45, 2.75) is 13.0 Å². The molecule has 6 heteroatoms. The van der Waals surface area contributed by atoms with Gasteiger partial charge >= 0.3 is 0 Å². The summed E-state index contributed by atoms with van der Waals surface area (Å²) in [7, 11) is 1.83. The molecule has 0 aliphatic carbocycles. The topological polar surface area (TPSA) is 69.3 Å². The van der Waals surface area contributed by atoms with Crippen LogP contribution < -0.4 is 10.1 Å². The van der Waals surface area contributed by atoms with Crippen molar-refractivity contribution in [3.63, 3.8) is 0 Å². The van der Waals surface area contributed by atoms with Crippen molar-refractivity contribution < 1.29 is 13.9 Å². The fraction of sp³-hybridized carbons (Fsp3) is 0.130. The summed E-state index contributed by atoms with van der Waals surface area (Å²) in [5, 5.41) is 7.07. The minimum Gasteiger partial charge on any atom is -0.457 e. The van der Waals surface area contributed by atoms with Crippen LogP contribution in [0.25, 0.3) is 11.3 Å². The smallest absolute Gasteiger partial charge is 0.287 e. The van der Waals surface area contributed by atoms with E-state index >= 15 is 0 Å². The number of para-hydroxylation sites is 1. The molecule has 1 amide bonds. The summed E-state index contributed by atoms with van der Waals surface area (Å²) in [4.78, 5) is 12.5. The number of aryl methyl sites for hydroxylation is 1. The normalized spacial score (nSPS) is 11.8. The number of carbonyl (C=O) groups excluding carboxylic acids is 1. The Morgan fingerprint density at radius 3 is 2.45 bits per heavy atom. The van der Waals surface area contributed by atoms with Crippen molar-refractivity contribution in [3.8, 4) is 22.8 Å². The molecule has 146 valence electrons. The second kappa shape index (κ2) is 8.06. The highest BCUT2D eigenvalue weighted by atomic mass is 16.5. The SMILES string of the molecule is CC(NC(=O)c1ccc(-c2cnn(C)c2)o1)c1ccc(Oc2ccccc2)cc1. The van der Waals surface area contributed by atoms with Gasteiger partial charge in [0.05, 0.1) is 17.8 Å². The monoisotopic (exact) mass is 387 g/mol. The summed E-state index contributed by atoms with van der Waals surface area (Å²) in [5.74, 6) is 2.13. The molecule has 0 aliphatic heterocycles. The third-order valence-electron chi connectivity index (χ3n) is 4.53. The minimum absolute atomic E-state index is 0.180. The van der Waals surface area contributed by atoms with Crippen molar-refractivity contribution >= 4 is 5.91 Å². The van der Waals surface area contributed by atoms with Gasteiger partial charge in [-0.25, -0.2) is 0 Å². The lowest BCUT2D eigenvalue weighted by atomic mass is 10.1. The van der Waals surface area contributed by atoms with Crippen LogP contribution in [0.5, 0.6) is 11.5 Å². The predicted octanol–water partition coefficient (Wildman–Crippen LogP) is 4.96. The Hall–Kier alpha value is -3.80. The van der Waals surface area contributed by atoms with Gasteiger partial charge in [-0.2, -0.15) is 5.10 Å². The summed E-state index contributed by atoms with van der Waals surface area (Å²) in [5.41, 5.74) is 1.80. The van der Waals surface area contributed by atoms with Gasteiger partial charge in [0.25, 0.3) is 5.91 Å². The van der Waals surface area contributed by atoms with Gasteiger partial charge in [-0.3, -0.25) is 9.48 Å². The molecule has 0 fully saturated rings. The number of carbonyl (C=O) groups is 1. The average Bonchev–Trinajstić information content (AvgIpc) is 3.38. The summed E-state index contributed by atoms with van der Waals surface area (Å²) >= 11 is 0. The maximum Gasteiger partial charge on any atom is 0.287 e. The van der Waals surface area contributed by atoms with E-state index in [-0.39, 0.29) is 17.7 Å². The fourth-order valence-electron chi connectivity index (χ4n) is 2.96. The first kappa shape index (κ1) is 18.6. The number of hydrogen-bond acceptors (Lipinski definition) is 4. The van der Waals surface area contributed by atoms with Gasteiger partial charge in [0.1, 0.15) is 17.3 Å². The molecule has 1 N–H and O–H groups in total. The van der Waals surface area contributed by atoms with Gasteiger partial charge in [0.2, 0.25) is 0 Å². The Morgan fingerprint density at radius 1 is 1.03 bits per heavy atom. The van der Waals surface area contributed by atoms with E-state index in [1.165, 1.54) is 0 Å². The second-order valence-corrected chi connectivity index (χ2v) is 6.75. The van der Waals surface area contributed by atoms with Gasteiger partial charge in [0.15, 0.2) is 5.76 Å². The van der Waals surface area contributed by atoms with Crippen LogP contribution in [-0.2, 0) is 7.05 Å². The van der Waals surface area contributed by atoms with Crippen molar-refractivity contribution in [1.82, 2.24) is 15.1 Å². The Balaban J connectivity index is 1.39. The molecular formula is C23H21N3O3. The summed E-state index contributed by atoms with van der Waals surface area (Å²) in [6.45, 7) is 1.93. The van der Waals surface area contributed by atoms with E-state index in [2.05, 4.69) is 10.4 Å². The molecule has 2 aromatic carbocycles. The zero-order chi connectivity index (χ0) is 20.2. The van der Waals surface area contributed by atoms with Crippen LogP contribution in [-0.4, -0.2) is 15.7 Å². The van der Waals surface area contributed by atoms with E-state index in [4.69, 9.17) is 9.15 Å². The lowest BCUT2D eigenvalue weighted by Crippen LogP contribution is -2.26. The van der Waals surface area contributed by atoms with Crippen LogP contribution in [0.3, 0.4) is 0 Å². The van der Waals surface area contributed by atoms with Gasteiger partial charge in [-0.15, -0.1) is 0 Å². The van der Waals surface area contributed by atoms with Crippen molar-refractivity contribution in [1.29, 1.82) is 0 Å². The molecule has 1 unspecified atom stereocenters. The van der Waals surface area contributed by atoms with E-state index in [1.807, 2.05) is 74.8 Å². The first-order chi connectivity index (χ1) is 14.1. The number of nitrogens with one attached hydrogen (secondary N) is 1. The van der Waals surface area contributed by atoms with Gasteiger partial charge in [-0.1, -0.05) is 30.3 Å². The van der Waals surface area contributed by atoms with Gasteiger partial charge in [-0.05, 0) is 48.9 Å². The van der Waals surface area contributed by atoms with Crippen LogP contribution in [0.15, 0.2) is 83.5 Å².